The second-order valence-electron chi connectivity index (χ2n) is 3.24. The fourth-order valence-corrected chi connectivity index (χ4v) is 2.90. The van der Waals surface area contributed by atoms with Crippen LogP contribution in [-0.4, -0.2) is 31.1 Å². The van der Waals surface area contributed by atoms with Crippen molar-refractivity contribution in [2.45, 2.75) is 6.23 Å². The summed E-state index contributed by atoms with van der Waals surface area (Å²) in [5, 5.41) is 18.2. The second kappa shape index (κ2) is 4.00. The van der Waals surface area contributed by atoms with Crippen LogP contribution in [-0.2, 0) is 0 Å². The van der Waals surface area contributed by atoms with E-state index in [1.165, 1.54) is 23.5 Å². The van der Waals surface area contributed by atoms with Gasteiger partial charge in [0.15, 0.2) is 6.23 Å². The van der Waals surface area contributed by atoms with Gasteiger partial charge >= 0.3 is 0 Å². The van der Waals surface area contributed by atoms with Gasteiger partial charge in [0.1, 0.15) is 5.52 Å². The van der Waals surface area contributed by atoms with Gasteiger partial charge in [-0.25, -0.2) is 4.41 Å². The van der Waals surface area contributed by atoms with Crippen molar-refractivity contribution in [3.63, 3.8) is 0 Å². The average Bonchev–Trinajstić information content (AvgIpc) is 2.98. The Kier molecular flexibility index (Phi) is 2.50. The molecule has 5 nitrogen and oxygen atoms in total. The third-order valence-electron chi connectivity index (χ3n) is 2.27. The van der Waals surface area contributed by atoms with E-state index in [4.69, 9.17) is 0 Å². The van der Waals surface area contributed by atoms with Crippen LogP contribution in [0.3, 0.4) is 0 Å². The molecule has 7 heteroatoms. The Morgan fingerprint density at radius 1 is 1.44 bits per heavy atom. The second-order valence-corrected chi connectivity index (χ2v) is 4.96. The number of aliphatic hydroxyl groups is 1. The Balaban J connectivity index is 2.04. The maximum absolute atomic E-state index is 10.2. The monoisotopic (exact) mass is 252 g/mol. The van der Waals surface area contributed by atoms with Gasteiger partial charge in [-0.1, -0.05) is 16.6 Å². The van der Waals surface area contributed by atoms with Crippen molar-refractivity contribution in [3.05, 3.63) is 23.8 Å². The number of hydrogen-bond acceptors (Lipinski definition) is 7. The zero-order chi connectivity index (χ0) is 11.0. The lowest BCUT2D eigenvalue weighted by molar-refractivity contribution is 0.0757. The number of nitrogens with zero attached hydrogens (tertiary/aromatic N) is 4. The molecule has 1 atom stereocenters. The van der Waals surface area contributed by atoms with Gasteiger partial charge in [0.05, 0.1) is 10.5 Å². The number of aliphatic hydroxyl groups excluding tert-OH is 1. The van der Waals surface area contributed by atoms with Crippen molar-refractivity contribution in [2.24, 2.45) is 5.10 Å². The maximum Gasteiger partial charge on any atom is 0.181 e. The average molecular weight is 252 g/mol. The van der Waals surface area contributed by atoms with Gasteiger partial charge in [0, 0.05) is 11.8 Å². The Labute approximate surface area is 100 Å². The summed E-state index contributed by atoms with van der Waals surface area (Å²) in [7, 11) is 0. The fraction of sp³-hybridized carbons (Fsp3) is 0.222. The molecule has 0 spiro atoms. The van der Waals surface area contributed by atoms with E-state index in [1.807, 2.05) is 18.2 Å². The van der Waals surface area contributed by atoms with Crippen molar-refractivity contribution >= 4 is 39.9 Å². The van der Waals surface area contributed by atoms with Gasteiger partial charge in [0.25, 0.3) is 0 Å². The summed E-state index contributed by atoms with van der Waals surface area (Å²) < 4.78 is 6.39. The number of rotatable bonds is 2. The number of hydrogen-bond donors (Lipinski definition) is 1. The molecule has 1 N–H and O–H groups in total. The van der Waals surface area contributed by atoms with Crippen LogP contribution in [0.2, 0.25) is 0 Å². The van der Waals surface area contributed by atoms with Crippen LogP contribution < -0.4 is 0 Å². The first-order valence-electron chi connectivity index (χ1n) is 4.70. The highest BCUT2D eigenvalue weighted by Gasteiger charge is 2.21. The third kappa shape index (κ3) is 1.57. The molecule has 2 aromatic rings. The molecule has 1 aromatic carbocycles. The van der Waals surface area contributed by atoms with Gasteiger partial charge in [-0.3, -0.25) is 0 Å². The van der Waals surface area contributed by atoms with E-state index >= 15 is 0 Å². The van der Waals surface area contributed by atoms with Crippen LogP contribution in [0, 0.1) is 0 Å². The molecule has 0 aliphatic carbocycles. The van der Waals surface area contributed by atoms with Gasteiger partial charge in [-0.2, -0.15) is 5.10 Å². The Bertz CT molecular complexity index is 541. The van der Waals surface area contributed by atoms with E-state index in [9.17, 15) is 5.11 Å². The maximum atomic E-state index is 10.2. The summed E-state index contributed by atoms with van der Waals surface area (Å²) in [5.74, 6) is 0.800. The predicted molar refractivity (Wildman–Crippen MR) is 65.2 cm³/mol. The lowest BCUT2D eigenvalue weighted by atomic mass is 10.2. The fourth-order valence-electron chi connectivity index (χ4n) is 1.54. The lowest BCUT2D eigenvalue weighted by Crippen LogP contribution is -2.13. The van der Waals surface area contributed by atoms with Crippen LogP contribution in [0.25, 0.3) is 10.2 Å². The Morgan fingerprint density at radius 2 is 2.38 bits per heavy atom. The molecule has 1 aliphatic rings. The summed E-state index contributed by atoms with van der Waals surface area (Å²) in [6.45, 7) is 0. The molecule has 0 saturated carbocycles. The molecule has 1 unspecified atom stereocenters. The van der Waals surface area contributed by atoms with Crippen LogP contribution in [0.5, 0.6) is 0 Å². The highest BCUT2D eigenvalue weighted by molar-refractivity contribution is 7.97. The van der Waals surface area contributed by atoms with Crippen molar-refractivity contribution in [1.82, 2.24) is 14.0 Å². The summed E-state index contributed by atoms with van der Waals surface area (Å²) in [6.07, 6.45) is 1.04. The predicted octanol–water partition coefficient (Wildman–Crippen LogP) is 1.63. The van der Waals surface area contributed by atoms with Crippen LogP contribution in [0.4, 0.5) is 0 Å². The molecule has 2 heterocycles. The van der Waals surface area contributed by atoms with Crippen LogP contribution >= 0.6 is 23.5 Å². The number of benzene rings is 1. The number of aromatic nitrogens is 2. The quantitative estimate of drug-likeness (QED) is 0.823. The summed E-state index contributed by atoms with van der Waals surface area (Å²) in [5.41, 5.74) is 1.62. The standard InChI is InChI=1S/C9H8N4OS2/c14-9(13-10-4-5-15-13)6-2-1-3-7-8(6)16-12-11-7/h1-4,9,14H,5H2. The first kappa shape index (κ1) is 10.0. The molecule has 0 bridgehead atoms. The minimum Gasteiger partial charge on any atom is -0.367 e. The third-order valence-corrected chi connectivity index (χ3v) is 3.92. The van der Waals surface area contributed by atoms with Gasteiger partial charge in [-0.15, -0.1) is 5.10 Å². The van der Waals surface area contributed by atoms with E-state index in [-0.39, 0.29) is 0 Å². The van der Waals surface area contributed by atoms with E-state index < -0.39 is 6.23 Å². The Hall–Kier alpha value is -1.18. The highest BCUT2D eigenvalue weighted by Crippen LogP contribution is 2.32. The molecule has 1 aliphatic heterocycles. The minimum absolute atomic E-state index is 0.741. The number of hydrazone groups is 1. The number of fused-ring (bicyclic) bond motifs is 1. The molecule has 82 valence electrons. The first-order valence-corrected chi connectivity index (χ1v) is 6.41. The molecule has 3 rings (SSSR count). The summed E-state index contributed by atoms with van der Waals surface area (Å²) in [6, 6.07) is 5.63. The van der Waals surface area contributed by atoms with E-state index in [0.29, 0.717) is 0 Å². The summed E-state index contributed by atoms with van der Waals surface area (Å²) in [4.78, 5) is 0. The molecule has 1 aromatic heterocycles. The minimum atomic E-state index is -0.741. The highest BCUT2D eigenvalue weighted by atomic mass is 32.2. The molecular weight excluding hydrogens is 244 g/mol. The molecular formula is C9H8N4OS2. The molecule has 16 heavy (non-hydrogen) atoms. The van der Waals surface area contributed by atoms with Crippen molar-refractivity contribution < 1.29 is 5.11 Å². The first-order chi connectivity index (χ1) is 7.86. The van der Waals surface area contributed by atoms with Crippen molar-refractivity contribution in [2.75, 3.05) is 5.75 Å². The smallest absolute Gasteiger partial charge is 0.181 e. The van der Waals surface area contributed by atoms with E-state index in [0.717, 1.165) is 21.5 Å². The molecule has 0 saturated heterocycles. The van der Waals surface area contributed by atoms with Crippen LogP contribution in [0.15, 0.2) is 23.3 Å². The molecule has 0 amide bonds. The Morgan fingerprint density at radius 3 is 3.19 bits per heavy atom. The van der Waals surface area contributed by atoms with Crippen LogP contribution in [0.1, 0.15) is 11.8 Å². The normalized spacial score (nSPS) is 17.2. The van der Waals surface area contributed by atoms with Gasteiger partial charge < -0.3 is 5.11 Å². The van der Waals surface area contributed by atoms with Gasteiger partial charge in [0.2, 0.25) is 0 Å². The molecule has 0 fully saturated rings. The molecule has 0 radical (unpaired) electrons. The lowest BCUT2D eigenvalue weighted by Gasteiger charge is -2.19. The largest absolute Gasteiger partial charge is 0.367 e. The van der Waals surface area contributed by atoms with Crippen molar-refractivity contribution in [3.8, 4) is 0 Å². The topological polar surface area (TPSA) is 61.6 Å². The van der Waals surface area contributed by atoms with E-state index in [1.54, 1.807) is 10.6 Å². The van der Waals surface area contributed by atoms with Gasteiger partial charge in [-0.05, 0) is 29.5 Å². The van der Waals surface area contributed by atoms with Crippen molar-refractivity contribution in [1.29, 1.82) is 0 Å². The SMILES string of the molecule is OC(c1cccc2nnsc12)N1N=CCS1. The zero-order valence-electron chi connectivity index (χ0n) is 8.15. The summed E-state index contributed by atoms with van der Waals surface area (Å²) >= 11 is 2.77. The van der Waals surface area contributed by atoms with E-state index in [2.05, 4.69) is 14.7 Å². The zero-order valence-corrected chi connectivity index (χ0v) is 9.78.